The number of rotatable bonds is 6. The highest BCUT2D eigenvalue weighted by atomic mass is 35.5. The molecule has 4 heterocycles. The maximum absolute atomic E-state index is 12.7. The molecular weight excluding hydrogens is 956 g/mol. The van der Waals surface area contributed by atoms with Crippen molar-refractivity contribution in [3.63, 3.8) is 0 Å². The van der Waals surface area contributed by atoms with Crippen molar-refractivity contribution in [1.29, 1.82) is 0 Å². The van der Waals surface area contributed by atoms with E-state index in [0.29, 0.717) is 48.7 Å². The number of ketones is 2. The second-order valence-electron chi connectivity index (χ2n) is 19.5. The zero-order valence-electron chi connectivity index (χ0n) is 40.3. The predicted molar refractivity (Wildman–Crippen MR) is 258 cm³/mol. The summed E-state index contributed by atoms with van der Waals surface area (Å²) in [6, 6.07) is 19.1. The number of aromatic carboxylic acids is 3. The Morgan fingerprint density at radius 2 is 1.01 bits per heavy atom. The minimum Gasteiger partial charge on any atom is -0.493 e. The largest absolute Gasteiger partial charge is 0.493 e. The number of para-hydroxylation sites is 1. The maximum atomic E-state index is 12.7. The molecule has 2 spiro atoms. The summed E-state index contributed by atoms with van der Waals surface area (Å²) in [6.45, 7) is 2.96. The second-order valence-corrected chi connectivity index (χ2v) is 19.5. The van der Waals surface area contributed by atoms with Gasteiger partial charge in [-0.2, -0.15) is 0 Å². The Morgan fingerprint density at radius 3 is 1.39 bits per heavy atom. The molecule has 4 bridgehead atoms. The summed E-state index contributed by atoms with van der Waals surface area (Å²) in [5.41, 5.74) is 1.62. The lowest BCUT2D eigenvalue weighted by Crippen LogP contribution is -2.76. The van der Waals surface area contributed by atoms with Gasteiger partial charge in [-0.1, -0.05) is 24.3 Å². The summed E-state index contributed by atoms with van der Waals surface area (Å²) in [7, 11) is 7.39. The van der Waals surface area contributed by atoms with Crippen molar-refractivity contribution in [3.05, 3.63) is 112 Å². The number of piperidine rings is 2. The van der Waals surface area contributed by atoms with Gasteiger partial charge in [0.2, 0.25) is 0 Å². The van der Waals surface area contributed by atoms with E-state index in [2.05, 4.69) is 40.8 Å². The SMILES string of the molecule is CC(=O)Oc1ccccc1C(=O)O.COc1ccc2c3c1O[C@H]1C(=O)CC[C@@]4(O)[C@@H](C2)N(C)CC[C@]314.COc1ccc2c3c1O[C@H]1C(=O)CC[C@@]4(O)[C@@H](C2)N(C)CC[C@]314.Cl.O=C(O)c1ccc(C(=O)O)cc1. The topological polar surface area (TPSA) is 256 Å². The molecule has 18 nitrogen and oxygen atoms in total. The van der Waals surface area contributed by atoms with Crippen molar-refractivity contribution in [1.82, 2.24) is 9.80 Å². The van der Waals surface area contributed by atoms with Crippen LogP contribution in [0.4, 0.5) is 0 Å². The first kappa shape index (κ1) is 51.8. The minimum atomic E-state index is -1.11. The Morgan fingerprint density at radius 1 is 0.597 bits per heavy atom. The Bertz CT molecular complexity index is 2720. The van der Waals surface area contributed by atoms with Crippen LogP contribution >= 0.6 is 12.4 Å². The van der Waals surface area contributed by atoms with Gasteiger partial charge in [-0.15, -0.1) is 12.4 Å². The lowest BCUT2D eigenvalue weighted by molar-refractivity contribution is -0.185. The number of carbonyl (C=O) groups excluding carboxylic acids is 3. The number of carbonyl (C=O) groups is 6. The van der Waals surface area contributed by atoms with Gasteiger partial charge >= 0.3 is 23.9 Å². The first-order valence-electron chi connectivity index (χ1n) is 23.5. The number of Topliss-reactive ketones (excluding diaryl/α,β-unsaturated/α-hetero) is 2. The molecular formula is C53H57ClN2O16. The summed E-state index contributed by atoms with van der Waals surface area (Å²) in [5, 5.41) is 49.1. The van der Waals surface area contributed by atoms with E-state index in [4.69, 9.17) is 34.3 Å². The normalized spacial score (nSPS) is 29.2. The fraction of sp³-hybridized carbons (Fsp3) is 0.434. The van der Waals surface area contributed by atoms with Crippen LogP contribution in [-0.2, 0) is 38.1 Å². The molecule has 4 aromatic carbocycles. The smallest absolute Gasteiger partial charge is 0.339 e. The molecule has 2 saturated heterocycles. The van der Waals surface area contributed by atoms with E-state index in [0.717, 1.165) is 49.9 Å². The zero-order chi connectivity index (χ0) is 50.9. The second kappa shape index (κ2) is 19.1. The molecule has 4 fully saturated rings. The van der Waals surface area contributed by atoms with Crippen LogP contribution in [0.25, 0.3) is 0 Å². The monoisotopic (exact) mass is 1010 g/mol. The number of likely N-dealkylation sites (N-methyl/N-ethyl adjacent to an activating group) is 2. The van der Waals surface area contributed by atoms with E-state index in [1.807, 2.05) is 12.1 Å². The summed E-state index contributed by atoms with van der Waals surface area (Å²) in [5.74, 6) is -0.765. The quantitative estimate of drug-likeness (QED) is 0.127. The van der Waals surface area contributed by atoms with E-state index in [1.54, 1.807) is 26.4 Å². The third kappa shape index (κ3) is 7.77. The van der Waals surface area contributed by atoms with Gasteiger partial charge in [-0.3, -0.25) is 14.4 Å². The fourth-order valence-corrected chi connectivity index (χ4v) is 13.0. The number of carboxylic acid groups (broad SMARTS) is 3. The third-order valence-corrected chi connectivity index (χ3v) is 16.2. The number of likely N-dealkylation sites (tertiary alicyclic amines) is 2. The van der Waals surface area contributed by atoms with E-state index in [-0.39, 0.29) is 58.5 Å². The highest BCUT2D eigenvalue weighted by molar-refractivity contribution is 5.93. The average molecular weight is 1010 g/mol. The number of halogens is 1. The molecule has 72 heavy (non-hydrogen) atoms. The van der Waals surface area contributed by atoms with Crippen LogP contribution in [0.2, 0.25) is 0 Å². The van der Waals surface area contributed by atoms with E-state index in [1.165, 1.54) is 54.4 Å². The summed E-state index contributed by atoms with van der Waals surface area (Å²) >= 11 is 0. The Hall–Kier alpha value is -6.57. The number of esters is 1. The van der Waals surface area contributed by atoms with Gasteiger partial charge in [0.15, 0.2) is 46.8 Å². The van der Waals surface area contributed by atoms with Gasteiger partial charge < -0.3 is 59.0 Å². The number of carboxylic acids is 3. The van der Waals surface area contributed by atoms with Gasteiger partial charge in [0.05, 0.1) is 47.4 Å². The molecule has 8 atom stereocenters. The van der Waals surface area contributed by atoms with E-state index in [9.17, 15) is 39.0 Å². The maximum Gasteiger partial charge on any atom is 0.339 e. The lowest BCUT2D eigenvalue weighted by atomic mass is 9.49. The van der Waals surface area contributed by atoms with Crippen LogP contribution in [-0.4, -0.2) is 148 Å². The van der Waals surface area contributed by atoms with Gasteiger partial charge in [-0.05, 0) is 125 Å². The lowest BCUT2D eigenvalue weighted by Gasteiger charge is -2.62. The van der Waals surface area contributed by atoms with E-state index >= 15 is 0 Å². The fourth-order valence-electron chi connectivity index (χ4n) is 13.0. The first-order chi connectivity index (χ1) is 33.8. The highest BCUT2D eigenvalue weighted by Gasteiger charge is 2.74. The third-order valence-electron chi connectivity index (χ3n) is 16.2. The Balaban J connectivity index is 0.000000134. The van der Waals surface area contributed by atoms with Gasteiger partial charge in [0.25, 0.3) is 0 Å². The van der Waals surface area contributed by atoms with Gasteiger partial charge in [0, 0.05) is 43.0 Å². The molecule has 4 aliphatic heterocycles. The number of methoxy groups -OCH3 is 2. The molecule has 19 heteroatoms. The van der Waals surface area contributed by atoms with Crippen LogP contribution in [0.5, 0.6) is 28.7 Å². The molecule has 5 N–H and O–H groups in total. The zero-order valence-corrected chi connectivity index (χ0v) is 41.2. The number of benzene rings is 4. The Kier molecular flexibility index (Phi) is 13.8. The number of hydrogen-bond acceptors (Lipinski definition) is 15. The van der Waals surface area contributed by atoms with Crippen molar-refractivity contribution < 1.29 is 78.0 Å². The van der Waals surface area contributed by atoms with Crippen molar-refractivity contribution in [2.45, 2.75) is 105 Å². The van der Waals surface area contributed by atoms with Crippen LogP contribution < -0.4 is 23.7 Å². The van der Waals surface area contributed by atoms with Crippen LogP contribution in [0.15, 0.2) is 72.8 Å². The van der Waals surface area contributed by atoms with Gasteiger partial charge in [0.1, 0.15) is 11.3 Å². The minimum absolute atomic E-state index is 0. The number of ether oxygens (including phenoxy) is 5. The summed E-state index contributed by atoms with van der Waals surface area (Å²) in [6.07, 6.45) is 3.79. The Labute approximate surface area is 420 Å². The number of nitrogens with zero attached hydrogens (tertiary/aromatic N) is 2. The van der Waals surface area contributed by atoms with Crippen molar-refractivity contribution in [2.24, 2.45) is 0 Å². The van der Waals surface area contributed by atoms with Gasteiger partial charge in [-0.25, -0.2) is 14.4 Å². The van der Waals surface area contributed by atoms with Crippen molar-refractivity contribution in [3.8, 4) is 28.7 Å². The standard InChI is InChI=1S/2C18H21NO4.C9H8O4.C8H6O4.ClH/c2*1-19-8-7-17-14-10-3-4-12(22-2)15(14)23-16(17)11(20)5-6-18(17,21)13(19)9-10;1-6(10)13-8-5-3-2-4-7(8)9(11)12;9-7(10)5-1-2-6(4-3-5)8(11)12;/h2*3-4,13,16,21H,5-9H2,1-2H3;2-5H,1H3,(H,11,12);1-4H,(H,9,10)(H,11,12);1H/t2*13-,16+,17+,18-;;;/m11.../s1. The molecule has 0 radical (unpaired) electrons. The first-order valence-corrected chi connectivity index (χ1v) is 23.5. The molecule has 0 amide bonds. The van der Waals surface area contributed by atoms with E-state index < -0.39 is 58.1 Å². The molecule has 2 saturated carbocycles. The number of hydrogen-bond donors (Lipinski definition) is 5. The molecule has 0 unspecified atom stereocenters. The summed E-state index contributed by atoms with van der Waals surface area (Å²) in [4.78, 5) is 71.7. The predicted octanol–water partition coefficient (Wildman–Crippen LogP) is 4.91. The highest BCUT2D eigenvalue weighted by Crippen LogP contribution is 2.66. The molecule has 4 aromatic rings. The molecule has 0 aromatic heterocycles. The molecule has 4 aliphatic carbocycles. The summed E-state index contributed by atoms with van der Waals surface area (Å²) < 4.78 is 28.0. The van der Waals surface area contributed by atoms with Crippen LogP contribution in [0.1, 0.15) is 98.8 Å². The van der Waals surface area contributed by atoms with Crippen LogP contribution in [0, 0.1) is 0 Å². The molecule has 382 valence electrons. The van der Waals surface area contributed by atoms with Crippen LogP contribution in [0.3, 0.4) is 0 Å². The van der Waals surface area contributed by atoms with Crippen molar-refractivity contribution in [2.75, 3.05) is 41.4 Å². The van der Waals surface area contributed by atoms with Crippen molar-refractivity contribution >= 4 is 47.9 Å². The number of aliphatic hydroxyl groups is 2. The molecule has 12 rings (SSSR count). The average Bonchev–Trinajstić information content (AvgIpc) is 3.90. The molecule has 8 aliphatic rings.